The zero-order valence-electron chi connectivity index (χ0n) is 17.8. The summed E-state index contributed by atoms with van der Waals surface area (Å²) < 4.78 is 27.5. The summed E-state index contributed by atoms with van der Waals surface area (Å²) in [5.74, 6) is -0.538. The highest BCUT2D eigenvalue weighted by Crippen LogP contribution is 2.22. The van der Waals surface area contributed by atoms with Crippen LogP contribution >= 0.6 is 0 Å². The molecule has 0 bridgehead atoms. The zero-order valence-corrected chi connectivity index (χ0v) is 18.6. The van der Waals surface area contributed by atoms with Gasteiger partial charge in [0.15, 0.2) is 0 Å². The molecular weight excluding hydrogens is 426 g/mol. The van der Waals surface area contributed by atoms with Crippen LogP contribution in [0.3, 0.4) is 0 Å². The van der Waals surface area contributed by atoms with Gasteiger partial charge in [-0.15, -0.1) is 0 Å². The fourth-order valence-corrected chi connectivity index (χ4v) is 5.19. The van der Waals surface area contributed by atoms with Crippen LogP contribution in [0.25, 0.3) is 10.8 Å². The Kier molecular flexibility index (Phi) is 6.25. The average molecular weight is 452 g/mol. The number of hydrogen-bond acceptors (Lipinski definition) is 4. The van der Waals surface area contributed by atoms with Crippen molar-refractivity contribution in [3.63, 3.8) is 0 Å². The molecule has 166 valence electrons. The molecule has 0 saturated carbocycles. The number of piperazine rings is 1. The first-order chi connectivity index (χ1) is 15.3. The largest absolute Gasteiger partial charge is 0.343 e. The Bertz CT molecular complexity index is 1250. The lowest BCUT2D eigenvalue weighted by Crippen LogP contribution is -2.52. The van der Waals surface area contributed by atoms with Crippen LogP contribution in [0.1, 0.15) is 15.9 Å². The number of amides is 2. The molecule has 3 aromatic rings. The number of rotatable bonds is 5. The standard InChI is InChI=1S/C24H25N3O4S/c1-18-6-8-20(9-7-18)24(29)25-17-23(28)26-12-14-27(15-13-26)32(30,31)22-11-10-19-4-2-3-5-21(19)16-22/h2-11,16H,12-15,17H2,1H3,(H,25,29). The molecule has 1 fully saturated rings. The molecule has 1 aliphatic rings. The number of carbonyl (C=O) groups excluding carboxylic acids is 2. The number of benzene rings is 3. The molecule has 8 heteroatoms. The van der Waals surface area contributed by atoms with E-state index < -0.39 is 10.0 Å². The third-order valence-electron chi connectivity index (χ3n) is 5.66. The number of sulfonamides is 1. The van der Waals surface area contributed by atoms with Crippen molar-refractivity contribution in [1.82, 2.24) is 14.5 Å². The summed E-state index contributed by atoms with van der Waals surface area (Å²) in [5, 5.41) is 4.49. The molecule has 0 atom stereocenters. The van der Waals surface area contributed by atoms with E-state index >= 15 is 0 Å². The predicted molar refractivity (Wildman–Crippen MR) is 123 cm³/mol. The molecule has 0 unspecified atom stereocenters. The van der Waals surface area contributed by atoms with E-state index in [1.165, 1.54) is 4.31 Å². The van der Waals surface area contributed by atoms with Gasteiger partial charge in [0, 0.05) is 31.7 Å². The van der Waals surface area contributed by atoms with Gasteiger partial charge in [0.05, 0.1) is 11.4 Å². The maximum absolute atomic E-state index is 13.1. The fourth-order valence-electron chi connectivity index (χ4n) is 3.73. The van der Waals surface area contributed by atoms with Crippen molar-refractivity contribution < 1.29 is 18.0 Å². The van der Waals surface area contributed by atoms with Crippen LogP contribution in [0.4, 0.5) is 0 Å². The molecule has 1 aliphatic heterocycles. The van der Waals surface area contributed by atoms with Crippen molar-refractivity contribution in [2.24, 2.45) is 0 Å². The van der Waals surface area contributed by atoms with E-state index in [4.69, 9.17) is 0 Å². The Morgan fingerprint density at radius 1 is 0.875 bits per heavy atom. The Hall–Kier alpha value is -3.23. The third-order valence-corrected chi connectivity index (χ3v) is 7.56. The highest BCUT2D eigenvalue weighted by atomic mass is 32.2. The molecule has 1 heterocycles. The van der Waals surface area contributed by atoms with Gasteiger partial charge in [-0.3, -0.25) is 9.59 Å². The van der Waals surface area contributed by atoms with Crippen molar-refractivity contribution in [2.45, 2.75) is 11.8 Å². The normalized spacial score (nSPS) is 15.0. The van der Waals surface area contributed by atoms with Gasteiger partial charge < -0.3 is 10.2 Å². The lowest BCUT2D eigenvalue weighted by molar-refractivity contribution is -0.131. The first-order valence-electron chi connectivity index (χ1n) is 10.5. The van der Waals surface area contributed by atoms with Crippen LogP contribution in [-0.4, -0.2) is 62.2 Å². The molecule has 0 aliphatic carbocycles. The first kappa shape index (κ1) is 22.0. The topological polar surface area (TPSA) is 86.8 Å². The average Bonchev–Trinajstić information content (AvgIpc) is 2.82. The summed E-state index contributed by atoms with van der Waals surface area (Å²) in [6.07, 6.45) is 0. The summed E-state index contributed by atoms with van der Waals surface area (Å²) in [6, 6.07) is 19.8. The van der Waals surface area contributed by atoms with Crippen LogP contribution in [0.15, 0.2) is 71.6 Å². The predicted octanol–water partition coefficient (Wildman–Crippen LogP) is 2.41. The molecule has 7 nitrogen and oxygen atoms in total. The van der Waals surface area contributed by atoms with Gasteiger partial charge in [-0.25, -0.2) is 8.42 Å². The Morgan fingerprint density at radius 2 is 1.53 bits per heavy atom. The van der Waals surface area contributed by atoms with Gasteiger partial charge in [0.25, 0.3) is 5.91 Å². The molecule has 1 saturated heterocycles. The number of carbonyl (C=O) groups is 2. The van der Waals surface area contributed by atoms with E-state index in [0.717, 1.165) is 16.3 Å². The van der Waals surface area contributed by atoms with Crippen molar-refractivity contribution in [3.05, 3.63) is 77.9 Å². The van der Waals surface area contributed by atoms with Gasteiger partial charge in [-0.2, -0.15) is 4.31 Å². The van der Waals surface area contributed by atoms with Crippen LogP contribution in [0.2, 0.25) is 0 Å². The maximum Gasteiger partial charge on any atom is 0.251 e. The number of nitrogens with zero attached hydrogens (tertiary/aromatic N) is 2. The van der Waals surface area contributed by atoms with Crippen LogP contribution in [-0.2, 0) is 14.8 Å². The molecular formula is C24H25N3O4S. The summed E-state index contributed by atoms with van der Waals surface area (Å²) in [5.41, 5.74) is 1.55. The second-order valence-electron chi connectivity index (χ2n) is 7.84. The van der Waals surface area contributed by atoms with Crippen molar-refractivity contribution in [1.29, 1.82) is 0 Å². The van der Waals surface area contributed by atoms with Gasteiger partial charge in [0.1, 0.15) is 0 Å². The molecule has 0 radical (unpaired) electrons. The molecule has 32 heavy (non-hydrogen) atoms. The van der Waals surface area contributed by atoms with E-state index in [2.05, 4.69) is 5.32 Å². The van der Waals surface area contributed by atoms with E-state index in [9.17, 15) is 18.0 Å². The van der Waals surface area contributed by atoms with Gasteiger partial charge >= 0.3 is 0 Å². The van der Waals surface area contributed by atoms with Crippen LogP contribution in [0.5, 0.6) is 0 Å². The van der Waals surface area contributed by atoms with E-state index in [-0.39, 0.29) is 49.4 Å². The van der Waals surface area contributed by atoms with Crippen LogP contribution < -0.4 is 5.32 Å². The minimum atomic E-state index is -3.64. The third kappa shape index (κ3) is 4.66. The number of hydrogen-bond donors (Lipinski definition) is 1. The van der Waals surface area contributed by atoms with Crippen molar-refractivity contribution >= 4 is 32.6 Å². The van der Waals surface area contributed by atoms with Crippen molar-refractivity contribution in [3.8, 4) is 0 Å². The molecule has 3 aromatic carbocycles. The van der Waals surface area contributed by atoms with Crippen LogP contribution in [0, 0.1) is 6.92 Å². The SMILES string of the molecule is Cc1ccc(C(=O)NCC(=O)N2CCN(S(=O)(=O)c3ccc4ccccc4c3)CC2)cc1. The van der Waals surface area contributed by atoms with Crippen molar-refractivity contribution in [2.75, 3.05) is 32.7 Å². The minimum absolute atomic E-state index is 0.121. The number of aryl methyl sites for hydroxylation is 1. The quantitative estimate of drug-likeness (QED) is 0.646. The zero-order chi connectivity index (χ0) is 22.7. The maximum atomic E-state index is 13.1. The smallest absolute Gasteiger partial charge is 0.251 e. The summed E-state index contributed by atoms with van der Waals surface area (Å²) >= 11 is 0. The van der Waals surface area contributed by atoms with E-state index in [0.29, 0.717) is 5.56 Å². The lowest BCUT2D eigenvalue weighted by Gasteiger charge is -2.34. The highest BCUT2D eigenvalue weighted by molar-refractivity contribution is 7.89. The Labute approximate surface area is 187 Å². The number of nitrogens with one attached hydrogen (secondary N) is 1. The van der Waals surface area contributed by atoms with Gasteiger partial charge in [-0.1, -0.05) is 48.0 Å². The summed E-state index contributed by atoms with van der Waals surface area (Å²) in [7, 11) is -3.64. The summed E-state index contributed by atoms with van der Waals surface area (Å²) in [4.78, 5) is 26.5. The van der Waals surface area contributed by atoms with Gasteiger partial charge in [0.2, 0.25) is 15.9 Å². The van der Waals surface area contributed by atoms with Gasteiger partial charge in [-0.05, 0) is 42.0 Å². The molecule has 2 amide bonds. The first-order valence-corrected chi connectivity index (χ1v) is 11.9. The second-order valence-corrected chi connectivity index (χ2v) is 9.78. The monoisotopic (exact) mass is 451 g/mol. The highest BCUT2D eigenvalue weighted by Gasteiger charge is 2.30. The second kappa shape index (κ2) is 9.10. The minimum Gasteiger partial charge on any atom is -0.343 e. The molecule has 1 N–H and O–H groups in total. The van der Waals surface area contributed by atoms with E-state index in [1.807, 2.05) is 43.3 Å². The molecule has 4 rings (SSSR count). The molecule has 0 spiro atoms. The number of fused-ring (bicyclic) bond motifs is 1. The summed E-state index contributed by atoms with van der Waals surface area (Å²) in [6.45, 7) is 2.81. The Morgan fingerprint density at radius 3 is 2.22 bits per heavy atom. The fraction of sp³-hybridized carbons (Fsp3) is 0.250. The Balaban J connectivity index is 1.34. The molecule has 0 aromatic heterocycles. The lowest BCUT2D eigenvalue weighted by atomic mass is 10.1. The van der Waals surface area contributed by atoms with E-state index in [1.54, 1.807) is 35.2 Å².